The molecule has 31 heavy (non-hydrogen) atoms. The molecule has 0 aliphatic carbocycles. The molecule has 2 atom stereocenters. The van der Waals surface area contributed by atoms with E-state index in [1.54, 1.807) is 0 Å². The number of amidine groups is 2. The van der Waals surface area contributed by atoms with Crippen molar-refractivity contribution >= 4 is 11.7 Å². The van der Waals surface area contributed by atoms with Gasteiger partial charge < -0.3 is 4.42 Å². The fraction of sp³-hybridized carbons (Fsp3) is 0.308. The van der Waals surface area contributed by atoms with Gasteiger partial charge in [0, 0.05) is 11.1 Å². The summed E-state index contributed by atoms with van der Waals surface area (Å²) in [4.78, 5) is 6.85. The van der Waals surface area contributed by atoms with Gasteiger partial charge in [-0.15, -0.1) is 0 Å². The van der Waals surface area contributed by atoms with Crippen LogP contribution in [-0.2, 0) is 0 Å². The van der Waals surface area contributed by atoms with Crippen molar-refractivity contribution in [1.82, 2.24) is 10.6 Å². The second kappa shape index (κ2) is 7.73. The molecule has 5 rings (SSSR count). The predicted molar refractivity (Wildman–Crippen MR) is 124 cm³/mol. The minimum Gasteiger partial charge on any atom is -0.456 e. The summed E-state index contributed by atoms with van der Waals surface area (Å²) in [5.74, 6) is 4.09. The molecule has 0 saturated heterocycles. The Balaban J connectivity index is 1.41. The summed E-state index contributed by atoms with van der Waals surface area (Å²) in [5.41, 5.74) is 6.92. The van der Waals surface area contributed by atoms with E-state index >= 15 is 0 Å². The Morgan fingerprint density at radius 1 is 0.645 bits per heavy atom. The molecule has 5 heteroatoms. The van der Waals surface area contributed by atoms with E-state index in [4.69, 9.17) is 4.42 Å². The maximum Gasteiger partial charge on any atom is 0.275 e. The molecule has 158 valence electrons. The summed E-state index contributed by atoms with van der Waals surface area (Å²) in [6, 6.07) is 18.1. The van der Waals surface area contributed by atoms with Crippen LogP contribution in [0.15, 0.2) is 52.9 Å². The molecule has 2 unspecified atom stereocenters. The van der Waals surface area contributed by atoms with Gasteiger partial charge in [-0.05, 0) is 63.1 Å². The van der Waals surface area contributed by atoms with Crippen LogP contribution in [0.4, 0.5) is 0 Å². The topological polar surface area (TPSA) is 65.1 Å². The summed E-state index contributed by atoms with van der Waals surface area (Å²) in [5, 5.41) is 6.95. The molecule has 0 bridgehead atoms. The van der Waals surface area contributed by atoms with Crippen LogP contribution < -0.4 is 20.6 Å². The van der Waals surface area contributed by atoms with E-state index < -0.39 is 0 Å². The Morgan fingerprint density at radius 3 is 1.32 bits per heavy atom. The zero-order valence-corrected chi connectivity index (χ0v) is 18.6. The van der Waals surface area contributed by atoms with Gasteiger partial charge in [0.25, 0.3) is 11.7 Å². The van der Waals surface area contributed by atoms with Crippen molar-refractivity contribution in [2.75, 3.05) is 13.1 Å². The summed E-state index contributed by atoms with van der Waals surface area (Å²) < 4.78 is 6.41. The molecule has 3 aromatic rings. The maximum atomic E-state index is 6.41. The minimum atomic E-state index is 0.459. The first-order valence-corrected chi connectivity index (χ1v) is 11.1. The smallest absolute Gasteiger partial charge is 0.275 e. The highest BCUT2D eigenvalue weighted by atomic mass is 16.3. The Morgan fingerprint density at radius 2 is 1.00 bits per heavy atom. The highest BCUT2D eigenvalue weighted by molar-refractivity contribution is 5.96. The quantitative estimate of drug-likeness (QED) is 0.512. The molecule has 4 N–H and O–H groups in total. The van der Waals surface area contributed by atoms with Gasteiger partial charge in [-0.1, -0.05) is 24.3 Å². The van der Waals surface area contributed by atoms with E-state index in [1.807, 2.05) is 0 Å². The van der Waals surface area contributed by atoms with Crippen molar-refractivity contribution in [2.24, 2.45) is 0 Å². The predicted octanol–water partition coefficient (Wildman–Crippen LogP) is 0.868. The fourth-order valence-electron chi connectivity index (χ4n) is 4.30. The molecular formula is C26H30N4O+2. The average molecular weight is 415 g/mol. The zero-order chi connectivity index (χ0) is 21.5. The lowest BCUT2D eigenvalue weighted by molar-refractivity contribution is -0.448. The summed E-state index contributed by atoms with van der Waals surface area (Å²) in [6.07, 6.45) is 0. The Hall–Kier alpha value is -3.34. The standard InChI is InChI=1S/C26H28N4O/c1-15-13-27-25(29-15)21-9-5-19(6-10-21)23-17(3)18(4)24(31-23)20-7-11-22(12-8-20)26-28-14-16(2)30-26/h5-12,15-16H,13-14H2,1-4H3,(H,27,29)(H,28,30)/p+2. The van der Waals surface area contributed by atoms with E-state index in [0.717, 1.165) is 47.4 Å². The first-order valence-electron chi connectivity index (χ1n) is 11.1. The number of furan rings is 1. The number of benzene rings is 2. The van der Waals surface area contributed by atoms with E-state index in [1.165, 1.54) is 22.3 Å². The lowest BCUT2D eigenvalue weighted by atomic mass is 10.0. The average Bonchev–Trinajstić information content (AvgIpc) is 3.49. The Kier molecular flexibility index (Phi) is 4.89. The first kappa shape index (κ1) is 19.6. The van der Waals surface area contributed by atoms with Gasteiger partial charge in [0.05, 0.1) is 11.1 Å². The van der Waals surface area contributed by atoms with Crippen molar-refractivity contribution in [3.05, 3.63) is 70.8 Å². The van der Waals surface area contributed by atoms with Crippen LogP contribution in [-0.4, -0.2) is 36.8 Å². The molecule has 1 aromatic heterocycles. The van der Waals surface area contributed by atoms with Crippen LogP contribution in [0.5, 0.6) is 0 Å². The lowest BCUT2D eigenvalue weighted by Gasteiger charge is -2.03. The molecule has 0 radical (unpaired) electrons. The van der Waals surface area contributed by atoms with Crippen LogP contribution in [0.2, 0.25) is 0 Å². The van der Waals surface area contributed by atoms with Crippen molar-refractivity contribution in [3.63, 3.8) is 0 Å². The molecule has 2 aromatic carbocycles. The number of rotatable bonds is 4. The van der Waals surface area contributed by atoms with Gasteiger partial charge in [0.15, 0.2) is 0 Å². The van der Waals surface area contributed by atoms with Gasteiger partial charge in [0.1, 0.15) is 36.7 Å². The number of nitrogens with one attached hydrogen (secondary N) is 4. The van der Waals surface area contributed by atoms with Crippen LogP contribution in [0.1, 0.15) is 36.1 Å². The molecule has 0 fully saturated rings. The molecular weight excluding hydrogens is 384 g/mol. The van der Waals surface area contributed by atoms with E-state index in [0.29, 0.717) is 12.1 Å². The van der Waals surface area contributed by atoms with E-state index in [9.17, 15) is 0 Å². The highest BCUT2D eigenvalue weighted by Crippen LogP contribution is 2.36. The van der Waals surface area contributed by atoms with Crippen LogP contribution >= 0.6 is 0 Å². The summed E-state index contributed by atoms with van der Waals surface area (Å²) in [6.45, 7) is 10.6. The highest BCUT2D eigenvalue weighted by Gasteiger charge is 2.23. The van der Waals surface area contributed by atoms with Gasteiger partial charge >= 0.3 is 0 Å². The lowest BCUT2D eigenvalue weighted by Crippen LogP contribution is -2.71. The van der Waals surface area contributed by atoms with Crippen LogP contribution in [0, 0.1) is 13.8 Å². The summed E-state index contributed by atoms with van der Waals surface area (Å²) >= 11 is 0. The van der Waals surface area contributed by atoms with Gasteiger partial charge in [0.2, 0.25) is 0 Å². The first-order chi connectivity index (χ1) is 15.0. The fourth-order valence-corrected chi connectivity index (χ4v) is 4.30. The van der Waals surface area contributed by atoms with Crippen molar-refractivity contribution in [3.8, 4) is 22.6 Å². The maximum absolute atomic E-state index is 6.41. The molecule has 0 spiro atoms. The Labute approximate surface area is 183 Å². The largest absolute Gasteiger partial charge is 0.456 e. The third-order valence-electron chi connectivity index (χ3n) is 6.27. The molecule has 5 nitrogen and oxygen atoms in total. The monoisotopic (exact) mass is 414 g/mol. The molecule has 0 amide bonds. The SMILES string of the molecule is Cc1c(-c2ccc(C3=[NH+]CC(C)N3)cc2)oc(-c2ccc(C3=[NH+]CC(C)N3)cc2)c1C. The Bertz CT molecular complexity index is 1080. The summed E-state index contributed by atoms with van der Waals surface area (Å²) in [7, 11) is 0. The zero-order valence-electron chi connectivity index (χ0n) is 18.6. The van der Waals surface area contributed by atoms with Gasteiger partial charge in [-0.2, -0.15) is 0 Å². The second-order valence-electron chi connectivity index (χ2n) is 8.77. The van der Waals surface area contributed by atoms with Gasteiger partial charge in [-0.3, -0.25) is 20.6 Å². The third-order valence-corrected chi connectivity index (χ3v) is 6.27. The van der Waals surface area contributed by atoms with Crippen molar-refractivity contribution in [2.45, 2.75) is 39.8 Å². The molecule has 0 saturated carbocycles. The minimum absolute atomic E-state index is 0.459. The van der Waals surface area contributed by atoms with Crippen molar-refractivity contribution < 1.29 is 14.4 Å². The van der Waals surface area contributed by atoms with E-state index in [-0.39, 0.29) is 0 Å². The number of hydrogen-bond donors (Lipinski definition) is 4. The normalized spacial score (nSPS) is 20.3. The van der Waals surface area contributed by atoms with Crippen molar-refractivity contribution in [1.29, 1.82) is 0 Å². The molecule has 3 heterocycles. The molecule has 2 aliphatic heterocycles. The number of hydrogen-bond acceptors (Lipinski definition) is 3. The van der Waals surface area contributed by atoms with Gasteiger partial charge in [-0.25, -0.2) is 0 Å². The third kappa shape index (κ3) is 3.65. The molecule has 2 aliphatic rings. The second-order valence-corrected chi connectivity index (χ2v) is 8.77. The van der Waals surface area contributed by atoms with Crippen LogP contribution in [0.3, 0.4) is 0 Å². The van der Waals surface area contributed by atoms with Crippen LogP contribution in [0.25, 0.3) is 22.6 Å². The van der Waals surface area contributed by atoms with E-state index in [2.05, 4.69) is 96.8 Å².